The summed E-state index contributed by atoms with van der Waals surface area (Å²) in [7, 11) is 0. The van der Waals surface area contributed by atoms with E-state index in [1.807, 2.05) is 23.1 Å². The number of fused-ring (bicyclic) bond motifs is 1. The molecule has 0 N–H and O–H groups in total. The van der Waals surface area contributed by atoms with Crippen molar-refractivity contribution in [1.82, 2.24) is 4.90 Å². The Morgan fingerprint density at radius 2 is 1.81 bits per heavy atom. The number of halogens is 1. The van der Waals surface area contributed by atoms with E-state index in [0.717, 1.165) is 25.1 Å². The highest BCUT2D eigenvalue weighted by Crippen LogP contribution is 2.30. The molecule has 4 rings (SSSR count). The summed E-state index contributed by atoms with van der Waals surface area (Å²) < 4.78 is 18.8. The number of aryl methyl sites for hydroxylation is 1. The highest BCUT2D eigenvalue weighted by molar-refractivity contribution is 5.98. The smallest absolute Gasteiger partial charge is 0.260 e. The van der Waals surface area contributed by atoms with Gasteiger partial charge in [-0.2, -0.15) is 0 Å². The molecule has 2 aromatic carbocycles. The van der Waals surface area contributed by atoms with Crippen molar-refractivity contribution in [2.24, 2.45) is 5.92 Å². The summed E-state index contributed by atoms with van der Waals surface area (Å²) >= 11 is 0. The molecule has 0 unspecified atom stereocenters. The molecular weight excluding hydrogens is 347 g/mol. The van der Waals surface area contributed by atoms with E-state index < -0.39 is 5.82 Å². The van der Waals surface area contributed by atoms with E-state index in [1.54, 1.807) is 17.0 Å². The molecule has 140 valence electrons. The van der Waals surface area contributed by atoms with Crippen LogP contribution in [0.2, 0.25) is 0 Å². The van der Waals surface area contributed by atoms with Crippen LogP contribution < -0.4 is 9.64 Å². The van der Waals surface area contributed by atoms with Crippen LogP contribution in [0.1, 0.15) is 12.0 Å². The molecule has 27 heavy (non-hydrogen) atoms. The maximum Gasteiger partial charge on any atom is 0.260 e. The minimum atomic E-state index is -0.495. The molecule has 0 radical (unpaired) electrons. The zero-order valence-corrected chi connectivity index (χ0v) is 14.9. The zero-order chi connectivity index (χ0) is 18.8. The quantitative estimate of drug-likeness (QED) is 0.834. The second-order valence-corrected chi connectivity index (χ2v) is 6.94. The van der Waals surface area contributed by atoms with Gasteiger partial charge in [0.2, 0.25) is 5.91 Å². The van der Waals surface area contributed by atoms with Crippen molar-refractivity contribution in [2.45, 2.75) is 12.8 Å². The van der Waals surface area contributed by atoms with Gasteiger partial charge in [-0.3, -0.25) is 9.59 Å². The first-order chi connectivity index (χ1) is 13.1. The Hall–Kier alpha value is -2.89. The number of ether oxygens (including phenoxy) is 1. The second kappa shape index (κ2) is 7.39. The largest absolute Gasteiger partial charge is 0.481 e. The van der Waals surface area contributed by atoms with Gasteiger partial charge >= 0.3 is 0 Å². The molecule has 6 heteroatoms. The minimum Gasteiger partial charge on any atom is -0.481 e. The van der Waals surface area contributed by atoms with Crippen LogP contribution in [0.15, 0.2) is 48.5 Å². The molecule has 0 aromatic heterocycles. The van der Waals surface area contributed by atoms with Gasteiger partial charge in [0.15, 0.2) is 18.2 Å². The third-order valence-electron chi connectivity index (χ3n) is 5.15. The summed E-state index contributed by atoms with van der Waals surface area (Å²) in [4.78, 5) is 28.5. The zero-order valence-electron chi connectivity index (χ0n) is 14.9. The lowest BCUT2D eigenvalue weighted by Gasteiger charge is -2.41. The number of hydrogen-bond donors (Lipinski definition) is 0. The first kappa shape index (κ1) is 17.5. The Balaban J connectivity index is 1.31. The summed E-state index contributed by atoms with van der Waals surface area (Å²) in [6.45, 7) is 1.26. The summed E-state index contributed by atoms with van der Waals surface area (Å²) in [5, 5.41) is 0. The number of rotatable bonds is 4. The van der Waals surface area contributed by atoms with E-state index in [2.05, 4.69) is 6.07 Å². The van der Waals surface area contributed by atoms with Crippen LogP contribution in [-0.2, 0) is 16.0 Å². The van der Waals surface area contributed by atoms with Crippen molar-refractivity contribution >= 4 is 17.5 Å². The maximum atomic E-state index is 13.5. The number of para-hydroxylation sites is 2. The molecule has 2 aromatic rings. The van der Waals surface area contributed by atoms with Crippen molar-refractivity contribution in [3.8, 4) is 5.75 Å². The standard InChI is InChI=1S/C21H21FN2O3/c22-17-8-2-4-10-19(17)27-14-20(25)23-12-16(13-23)21(26)24-11-5-7-15-6-1-3-9-18(15)24/h1-4,6,8-10,16H,5,7,11-14H2. The van der Waals surface area contributed by atoms with Gasteiger partial charge in [-0.15, -0.1) is 0 Å². The van der Waals surface area contributed by atoms with Gasteiger partial charge in [0.05, 0.1) is 5.92 Å². The van der Waals surface area contributed by atoms with Crippen LogP contribution in [0, 0.1) is 11.7 Å². The summed E-state index contributed by atoms with van der Waals surface area (Å²) in [6, 6.07) is 14.0. The Labute approximate surface area is 157 Å². The third kappa shape index (κ3) is 3.52. The molecule has 1 saturated heterocycles. The van der Waals surface area contributed by atoms with Crippen LogP contribution in [0.5, 0.6) is 5.75 Å². The molecule has 2 aliphatic rings. The summed E-state index contributed by atoms with van der Waals surface area (Å²) in [5.74, 6) is -0.786. The van der Waals surface area contributed by atoms with Crippen molar-refractivity contribution in [3.63, 3.8) is 0 Å². The highest BCUT2D eigenvalue weighted by Gasteiger charge is 2.39. The summed E-state index contributed by atoms with van der Waals surface area (Å²) in [6.07, 6.45) is 1.94. The van der Waals surface area contributed by atoms with Crippen LogP contribution >= 0.6 is 0 Å². The van der Waals surface area contributed by atoms with Crippen molar-refractivity contribution in [2.75, 3.05) is 31.1 Å². The number of hydrogen-bond acceptors (Lipinski definition) is 3. The normalized spacial score (nSPS) is 16.5. The van der Waals surface area contributed by atoms with Gasteiger partial charge in [0, 0.05) is 25.3 Å². The number of likely N-dealkylation sites (tertiary alicyclic amines) is 1. The molecule has 0 spiro atoms. The number of benzene rings is 2. The third-order valence-corrected chi connectivity index (χ3v) is 5.15. The average Bonchev–Trinajstić information content (AvgIpc) is 2.65. The predicted molar refractivity (Wildman–Crippen MR) is 99.1 cm³/mol. The number of amides is 2. The molecule has 0 aliphatic carbocycles. The van der Waals surface area contributed by atoms with E-state index in [4.69, 9.17) is 4.74 Å². The molecule has 2 amide bonds. The van der Waals surface area contributed by atoms with Crippen molar-refractivity contribution < 1.29 is 18.7 Å². The van der Waals surface area contributed by atoms with Gasteiger partial charge in [0.1, 0.15) is 0 Å². The first-order valence-electron chi connectivity index (χ1n) is 9.18. The fourth-order valence-corrected chi connectivity index (χ4v) is 3.61. The Kier molecular flexibility index (Phi) is 4.79. The molecule has 0 saturated carbocycles. The molecule has 1 fully saturated rings. The number of carbonyl (C=O) groups excluding carboxylic acids is 2. The molecular formula is C21H21FN2O3. The second-order valence-electron chi connectivity index (χ2n) is 6.94. The fourth-order valence-electron chi connectivity index (χ4n) is 3.61. The lowest BCUT2D eigenvalue weighted by Crippen LogP contribution is -2.58. The SMILES string of the molecule is O=C(COc1ccccc1F)N1CC(C(=O)N2CCCc3ccccc32)C1. The van der Waals surface area contributed by atoms with E-state index in [0.29, 0.717) is 13.1 Å². The van der Waals surface area contributed by atoms with Gasteiger partial charge < -0.3 is 14.5 Å². The van der Waals surface area contributed by atoms with Crippen molar-refractivity contribution in [3.05, 3.63) is 59.9 Å². The van der Waals surface area contributed by atoms with Gasteiger partial charge in [-0.05, 0) is 36.6 Å². The molecule has 2 heterocycles. The molecule has 0 bridgehead atoms. The average molecular weight is 368 g/mol. The van der Waals surface area contributed by atoms with E-state index >= 15 is 0 Å². The lowest BCUT2D eigenvalue weighted by atomic mass is 9.95. The number of carbonyl (C=O) groups is 2. The predicted octanol–water partition coefficient (Wildman–Crippen LogP) is 2.64. The van der Waals surface area contributed by atoms with Gasteiger partial charge in [0.25, 0.3) is 5.91 Å². The number of nitrogens with zero attached hydrogens (tertiary/aromatic N) is 2. The van der Waals surface area contributed by atoms with Crippen LogP contribution in [0.3, 0.4) is 0 Å². The summed E-state index contributed by atoms with van der Waals surface area (Å²) in [5.41, 5.74) is 2.18. The van der Waals surface area contributed by atoms with Crippen LogP contribution in [0.25, 0.3) is 0 Å². The van der Waals surface area contributed by atoms with E-state index in [1.165, 1.54) is 17.7 Å². The molecule has 5 nitrogen and oxygen atoms in total. The van der Waals surface area contributed by atoms with Gasteiger partial charge in [-0.25, -0.2) is 4.39 Å². The van der Waals surface area contributed by atoms with Crippen LogP contribution in [0.4, 0.5) is 10.1 Å². The monoisotopic (exact) mass is 368 g/mol. The first-order valence-corrected chi connectivity index (χ1v) is 9.18. The lowest BCUT2D eigenvalue weighted by molar-refractivity contribution is -0.143. The molecule has 0 atom stereocenters. The highest BCUT2D eigenvalue weighted by atomic mass is 19.1. The van der Waals surface area contributed by atoms with Crippen LogP contribution in [-0.4, -0.2) is 43.0 Å². The van der Waals surface area contributed by atoms with Gasteiger partial charge in [-0.1, -0.05) is 30.3 Å². The minimum absolute atomic E-state index is 0.0592. The Bertz CT molecular complexity index is 864. The Morgan fingerprint density at radius 1 is 1.07 bits per heavy atom. The van der Waals surface area contributed by atoms with E-state index in [-0.39, 0.29) is 30.1 Å². The Morgan fingerprint density at radius 3 is 2.63 bits per heavy atom. The van der Waals surface area contributed by atoms with E-state index in [9.17, 15) is 14.0 Å². The fraction of sp³-hybridized carbons (Fsp3) is 0.333. The number of anilines is 1. The topological polar surface area (TPSA) is 49.9 Å². The van der Waals surface area contributed by atoms with Crippen molar-refractivity contribution in [1.29, 1.82) is 0 Å². The maximum absolute atomic E-state index is 13.5. The molecule has 2 aliphatic heterocycles.